The summed E-state index contributed by atoms with van der Waals surface area (Å²) in [5.74, 6) is -0.940. The van der Waals surface area contributed by atoms with Crippen molar-refractivity contribution in [2.24, 2.45) is 0 Å². The zero-order chi connectivity index (χ0) is 20.2. The monoisotopic (exact) mass is 388 g/mol. The minimum absolute atomic E-state index is 0.119. The molecule has 4 aromatic rings. The fourth-order valence-electron chi connectivity index (χ4n) is 3.52. The fraction of sp³-hybridized carbons (Fsp3) is 0.174. The van der Waals surface area contributed by atoms with Gasteiger partial charge in [0.05, 0.1) is 5.69 Å². The highest BCUT2D eigenvalue weighted by atomic mass is 19.1. The van der Waals surface area contributed by atoms with Gasteiger partial charge in [0.2, 0.25) is 5.91 Å². The third-order valence-electron chi connectivity index (χ3n) is 5.03. The molecule has 1 amide bonds. The summed E-state index contributed by atoms with van der Waals surface area (Å²) in [6.07, 6.45) is 7.12. The van der Waals surface area contributed by atoms with Crippen LogP contribution >= 0.6 is 0 Å². The van der Waals surface area contributed by atoms with Crippen molar-refractivity contribution in [2.75, 3.05) is 0 Å². The quantitative estimate of drug-likeness (QED) is 0.543. The van der Waals surface area contributed by atoms with Crippen LogP contribution in [-0.2, 0) is 11.3 Å². The number of benzene rings is 1. The van der Waals surface area contributed by atoms with Crippen LogP contribution in [0.25, 0.3) is 5.65 Å². The van der Waals surface area contributed by atoms with E-state index in [-0.39, 0.29) is 18.1 Å². The summed E-state index contributed by atoms with van der Waals surface area (Å²) in [4.78, 5) is 21.2. The summed E-state index contributed by atoms with van der Waals surface area (Å²) in [7, 11) is 0. The number of fused-ring (bicyclic) bond motifs is 1. The highest BCUT2D eigenvalue weighted by Crippen LogP contribution is 2.31. The summed E-state index contributed by atoms with van der Waals surface area (Å²) in [6, 6.07) is 14.2. The highest BCUT2D eigenvalue weighted by Gasteiger charge is 2.24. The number of aryl methyl sites for hydroxylation is 1. The maximum Gasteiger partial charge on any atom is 0.221 e. The molecule has 0 spiro atoms. The zero-order valence-corrected chi connectivity index (χ0v) is 16.0. The number of imidazole rings is 1. The predicted octanol–water partition coefficient (Wildman–Crippen LogP) is 4.02. The van der Waals surface area contributed by atoms with Gasteiger partial charge in [-0.3, -0.25) is 9.78 Å². The van der Waals surface area contributed by atoms with E-state index >= 15 is 0 Å². The average molecular weight is 388 g/mol. The first-order valence-corrected chi connectivity index (χ1v) is 9.46. The Morgan fingerprint density at radius 2 is 1.93 bits per heavy atom. The zero-order valence-electron chi connectivity index (χ0n) is 16.0. The minimum atomic E-state index is -0.453. The molecule has 0 aliphatic rings. The van der Waals surface area contributed by atoms with E-state index in [0.29, 0.717) is 12.1 Å². The number of nitrogens with one attached hydrogen (secondary N) is 1. The second-order valence-electron chi connectivity index (χ2n) is 6.98. The largest absolute Gasteiger partial charge is 0.352 e. The van der Waals surface area contributed by atoms with Crippen molar-refractivity contribution in [3.63, 3.8) is 0 Å². The molecule has 1 atom stereocenters. The first-order valence-electron chi connectivity index (χ1n) is 9.46. The SMILES string of the molecule is Cc1cccn2c(C(CC(=O)NCc3ccncc3)c3ccccc3F)cnc12. The molecule has 0 aliphatic carbocycles. The summed E-state index contributed by atoms with van der Waals surface area (Å²) >= 11 is 0. The van der Waals surface area contributed by atoms with Crippen LogP contribution in [0.3, 0.4) is 0 Å². The Morgan fingerprint density at radius 1 is 1.14 bits per heavy atom. The summed E-state index contributed by atoms with van der Waals surface area (Å²) in [6.45, 7) is 2.38. The summed E-state index contributed by atoms with van der Waals surface area (Å²) in [5.41, 5.74) is 4.05. The number of hydrogen-bond donors (Lipinski definition) is 1. The van der Waals surface area contributed by atoms with Crippen molar-refractivity contribution in [1.82, 2.24) is 19.7 Å². The Hall–Kier alpha value is -3.54. The molecule has 6 heteroatoms. The fourth-order valence-corrected chi connectivity index (χ4v) is 3.52. The van der Waals surface area contributed by atoms with Crippen LogP contribution in [0.1, 0.15) is 34.7 Å². The first kappa shape index (κ1) is 18.8. The lowest BCUT2D eigenvalue weighted by molar-refractivity contribution is -0.121. The van der Waals surface area contributed by atoms with Crippen LogP contribution in [0.5, 0.6) is 0 Å². The number of hydrogen-bond acceptors (Lipinski definition) is 3. The topological polar surface area (TPSA) is 59.3 Å². The Balaban J connectivity index is 1.65. The number of aromatic nitrogens is 3. The van der Waals surface area contributed by atoms with E-state index in [4.69, 9.17) is 0 Å². The Morgan fingerprint density at radius 3 is 2.72 bits per heavy atom. The van der Waals surface area contributed by atoms with Gasteiger partial charge in [-0.15, -0.1) is 0 Å². The van der Waals surface area contributed by atoms with Crippen LogP contribution in [0.2, 0.25) is 0 Å². The van der Waals surface area contributed by atoms with E-state index in [0.717, 1.165) is 22.5 Å². The molecule has 29 heavy (non-hydrogen) atoms. The lowest BCUT2D eigenvalue weighted by Crippen LogP contribution is -2.25. The van der Waals surface area contributed by atoms with Crippen LogP contribution in [0, 0.1) is 12.7 Å². The number of rotatable bonds is 6. The van der Waals surface area contributed by atoms with E-state index in [1.807, 2.05) is 41.8 Å². The number of amides is 1. The molecular weight excluding hydrogens is 367 g/mol. The van der Waals surface area contributed by atoms with Crippen LogP contribution in [0.15, 0.2) is 73.3 Å². The molecule has 5 nitrogen and oxygen atoms in total. The highest BCUT2D eigenvalue weighted by molar-refractivity contribution is 5.77. The molecule has 3 heterocycles. The number of pyridine rings is 2. The van der Waals surface area contributed by atoms with E-state index in [9.17, 15) is 9.18 Å². The molecule has 1 N–H and O–H groups in total. The van der Waals surface area contributed by atoms with Gasteiger partial charge in [-0.05, 0) is 47.9 Å². The molecule has 1 aromatic carbocycles. The Labute approximate surface area is 168 Å². The number of halogens is 1. The first-order chi connectivity index (χ1) is 14.1. The third-order valence-corrected chi connectivity index (χ3v) is 5.03. The standard InChI is InChI=1S/C23H21FN4O/c1-16-5-4-12-28-21(15-27-23(16)28)19(18-6-2-3-7-20(18)24)13-22(29)26-14-17-8-10-25-11-9-17/h2-12,15,19H,13-14H2,1H3,(H,26,29). The van der Waals surface area contributed by atoms with Crippen molar-refractivity contribution in [1.29, 1.82) is 0 Å². The molecule has 0 aliphatic heterocycles. The second-order valence-corrected chi connectivity index (χ2v) is 6.98. The molecule has 146 valence electrons. The van der Waals surface area contributed by atoms with Gasteiger partial charge in [-0.25, -0.2) is 9.37 Å². The van der Waals surface area contributed by atoms with Gasteiger partial charge in [0, 0.05) is 43.7 Å². The molecule has 0 saturated carbocycles. The second kappa shape index (κ2) is 8.22. The van der Waals surface area contributed by atoms with Crippen molar-refractivity contribution in [2.45, 2.75) is 25.8 Å². The Kier molecular flexibility index (Phi) is 5.33. The molecule has 3 aromatic heterocycles. The summed E-state index contributed by atoms with van der Waals surface area (Å²) < 4.78 is 16.6. The van der Waals surface area contributed by atoms with Crippen molar-refractivity contribution < 1.29 is 9.18 Å². The molecular formula is C23H21FN4O. The van der Waals surface area contributed by atoms with Crippen LogP contribution in [0.4, 0.5) is 4.39 Å². The number of nitrogens with zero attached hydrogens (tertiary/aromatic N) is 3. The van der Waals surface area contributed by atoms with Gasteiger partial charge >= 0.3 is 0 Å². The molecule has 0 fully saturated rings. The molecule has 0 bridgehead atoms. The van der Waals surface area contributed by atoms with E-state index < -0.39 is 5.92 Å². The van der Waals surface area contributed by atoms with Gasteiger partial charge in [0.15, 0.2) is 0 Å². The van der Waals surface area contributed by atoms with E-state index in [1.54, 1.807) is 36.8 Å². The van der Waals surface area contributed by atoms with Crippen molar-refractivity contribution in [3.05, 3.63) is 102 Å². The minimum Gasteiger partial charge on any atom is -0.352 e. The number of carbonyl (C=O) groups excluding carboxylic acids is 1. The molecule has 1 unspecified atom stereocenters. The maximum absolute atomic E-state index is 14.6. The van der Waals surface area contributed by atoms with Crippen molar-refractivity contribution in [3.8, 4) is 0 Å². The molecule has 4 rings (SSSR count). The Bertz CT molecular complexity index is 1140. The smallest absolute Gasteiger partial charge is 0.221 e. The normalized spacial score (nSPS) is 12.1. The van der Waals surface area contributed by atoms with Crippen molar-refractivity contribution >= 4 is 11.6 Å². The lowest BCUT2D eigenvalue weighted by Gasteiger charge is -2.18. The number of carbonyl (C=O) groups is 1. The van der Waals surface area contributed by atoms with Gasteiger partial charge in [0.1, 0.15) is 11.5 Å². The van der Waals surface area contributed by atoms with Gasteiger partial charge in [0.25, 0.3) is 0 Å². The van der Waals surface area contributed by atoms with E-state index in [1.165, 1.54) is 6.07 Å². The lowest BCUT2D eigenvalue weighted by atomic mass is 9.91. The van der Waals surface area contributed by atoms with E-state index in [2.05, 4.69) is 15.3 Å². The predicted molar refractivity (Wildman–Crippen MR) is 109 cm³/mol. The molecule has 0 radical (unpaired) electrons. The average Bonchev–Trinajstić information content (AvgIpc) is 3.17. The third kappa shape index (κ3) is 4.01. The van der Waals surface area contributed by atoms with Gasteiger partial charge in [-0.2, -0.15) is 0 Å². The van der Waals surface area contributed by atoms with Gasteiger partial charge in [-0.1, -0.05) is 24.3 Å². The van der Waals surface area contributed by atoms with Gasteiger partial charge < -0.3 is 9.72 Å². The van der Waals surface area contributed by atoms with Crippen LogP contribution in [-0.4, -0.2) is 20.3 Å². The summed E-state index contributed by atoms with van der Waals surface area (Å²) in [5, 5.41) is 2.92. The molecule has 0 saturated heterocycles. The van der Waals surface area contributed by atoms with Crippen LogP contribution < -0.4 is 5.32 Å². The maximum atomic E-state index is 14.6.